The van der Waals surface area contributed by atoms with Crippen molar-refractivity contribution in [1.82, 2.24) is 4.90 Å². The molecule has 29 heavy (non-hydrogen) atoms. The Kier molecular flexibility index (Phi) is 5.23. The fraction of sp³-hybridized carbons (Fsp3) is 0.409. The second-order valence-electron chi connectivity index (χ2n) is 7.63. The molecule has 1 amide bonds. The summed E-state index contributed by atoms with van der Waals surface area (Å²) in [5.74, 6) is -1.87. The molecule has 0 radical (unpaired) electrons. The van der Waals surface area contributed by atoms with Crippen molar-refractivity contribution in [3.05, 3.63) is 66.2 Å². The maximum Gasteiger partial charge on any atom is 0.227 e. The lowest BCUT2D eigenvalue weighted by molar-refractivity contribution is -0.278. The average Bonchev–Trinajstić information content (AvgIpc) is 2.77. The van der Waals surface area contributed by atoms with E-state index in [1.807, 2.05) is 30.3 Å². The quantitative estimate of drug-likeness (QED) is 0.678. The molecule has 2 aliphatic heterocycles. The van der Waals surface area contributed by atoms with Gasteiger partial charge in [0.25, 0.3) is 0 Å². The predicted molar refractivity (Wildman–Crippen MR) is 108 cm³/mol. The average molecular weight is 416 g/mol. The molecule has 1 saturated carbocycles. The molecule has 2 saturated heterocycles. The smallest absolute Gasteiger partial charge is 0.227 e. The van der Waals surface area contributed by atoms with Gasteiger partial charge in [0.2, 0.25) is 5.91 Å². The Morgan fingerprint density at radius 2 is 1.59 bits per heavy atom. The minimum Gasteiger partial charge on any atom is -0.351 e. The zero-order valence-corrected chi connectivity index (χ0v) is 17.3. The minimum atomic E-state index is -3.65. The molecular formula is C22H25NO5S. The van der Waals surface area contributed by atoms with Crippen LogP contribution < -0.4 is 0 Å². The first-order valence-electron chi connectivity index (χ1n) is 9.66. The van der Waals surface area contributed by atoms with Crippen molar-refractivity contribution in [2.24, 2.45) is 5.92 Å². The summed E-state index contributed by atoms with van der Waals surface area (Å²) in [6, 6.07) is 17.5. The van der Waals surface area contributed by atoms with E-state index in [2.05, 4.69) is 0 Å². The van der Waals surface area contributed by atoms with Gasteiger partial charge in [-0.2, -0.15) is 0 Å². The van der Waals surface area contributed by atoms with Crippen LogP contribution >= 0.6 is 0 Å². The van der Waals surface area contributed by atoms with Crippen molar-refractivity contribution < 1.29 is 22.7 Å². The van der Waals surface area contributed by atoms with E-state index in [1.165, 1.54) is 0 Å². The van der Waals surface area contributed by atoms with Crippen molar-refractivity contribution in [2.75, 3.05) is 14.2 Å². The number of carbonyl (C=O) groups is 1. The number of nitrogens with zero attached hydrogens (tertiary/aromatic N) is 1. The third kappa shape index (κ3) is 3.27. The van der Waals surface area contributed by atoms with Crippen LogP contribution in [0.4, 0.5) is 0 Å². The lowest BCUT2D eigenvalue weighted by atomic mass is 9.74. The molecule has 5 rings (SSSR count). The molecule has 6 nitrogen and oxygen atoms in total. The summed E-state index contributed by atoms with van der Waals surface area (Å²) in [6.45, 7) is 0.396. The third-order valence-electron chi connectivity index (χ3n) is 6.25. The highest BCUT2D eigenvalue weighted by Crippen LogP contribution is 2.48. The molecule has 3 atom stereocenters. The number of hydrogen-bond acceptors (Lipinski definition) is 5. The number of benzene rings is 2. The van der Waals surface area contributed by atoms with Gasteiger partial charge < -0.3 is 14.4 Å². The number of rotatable bonds is 6. The number of hydrogen-bond donors (Lipinski definition) is 0. The van der Waals surface area contributed by atoms with Gasteiger partial charge in [-0.25, -0.2) is 8.42 Å². The Hall–Kier alpha value is -2.22. The van der Waals surface area contributed by atoms with Gasteiger partial charge in [0.15, 0.2) is 15.6 Å². The highest BCUT2D eigenvalue weighted by Gasteiger charge is 2.62. The number of amides is 1. The highest BCUT2D eigenvalue weighted by molar-refractivity contribution is 7.92. The van der Waals surface area contributed by atoms with Crippen LogP contribution in [0.1, 0.15) is 18.4 Å². The SMILES string of the molecule is COC1(OC)C[C@H]2C(=O)N(Cc3ccccc3)[C@@H]1C[C@@H]2S(=O)(=O)c1ccccc1. The molecule has 3 fully saturated rings. The monoisotopic (exact) mass is 415 g/mol. The zero-order chi connectivity index (χ0) is 20.6. The van der Waals surface area contributed by atoms with Gasteiger partial charge in [0.1, 0.15) is 0 Å². The largest absolute Gasteiger partial charge is 0.351 e. The molecule has 0 aromatic heterocycles. The molecule has 2 aromatic carbocycles. The van der Waals surface area contributed by atoms with Crippen molar-refractivity contribution >= 4 is 15.7 Å². The first-order valence-corrected chi connectivity index (χ1v) is 11.2. The normalized spacial score (nSPS) is 25.9. The first kappa shape index (κ1) is 20.1. The van der Waals surface area contributed by atoms with Gasteiger partial charge >= 0.3 is 0 Å². The Labute approximate surface area is 171 Å². The van der Waals surface area contributed by atoms with Gasteiger partial charge in [-0.1, -0.05) is 48.5 Å². The zero-order valence-electron chi connectivity index (χ0n) is 16.5. The van der Waals surface area contributed by atoms with Crippen molar-refractivity contribution in [3.63, 3.8) is 0 Å². The fourth-order valence-electron chi connectivity index (χ4n) is 4.73. The molecule has 1 aliphatic carbocycles. The Balaban J connectivity index is 1.72. The lowest BCUT2D eigenvalue weighted by Gasteiger charge is -2.56. The van der Waals surface area contributed by atoms with Crippen molar-refractivity contribution in [1.29, 1.82) is 0 Å². The van der Waals surface area contributed by atoms with Gasteiger partial charge in [0.05, 0.1) is 22.1 Å². The van der Waals surface area contributed by atoms with E-state index < -0.39 is 32.8 Å². The Bertz CT molecular complexity index is 973. The lowest BCUT2D eigenvalue weighted by Crippen LogP contribution is -2.70. The molecule has 7 heteroatoms. The van der Waals surface area contributed by atoms with Crippen LogP contribution in [0, 0.1) is 5.92 Å². The molecule has 0 spiro atoms. The number of sulfone groups is 1. The number of methoxy groups -OCH3 is 2. The topological polar surface area (TPSA) is 72.9 Å². The van der Waals surface area contributed by atoms with Crippen LogP contribution in [0.2, 0.25) is 0 Å². The summed E-state index contributed by atoms with van der Waals surface area (Å²) >= 11 is 0. The number of piperidine rings is 2. The van der Waals surface area contributed by atoms with Crippen molar-refractivity contribution in [3.8, 4) is 0 Å². The van der Waals surface area contributed by atoms with E-state index >= 15 is 0 Å². The Morgan fingerprint density at radius 1 is 1.00 bits per heavy atom. The van der Waals surface area contributed by atoms with Gasteiger partial charge in [-0.15, -0.1) is 0 Å². The molecule has 2 bridgehead atoms. The van der Waals surface area contributed by atoms with E-state index in [-0.39, 0.29) is 23.6 Å². The molecule has 2 aromatic rings. The van der Waals surface area contributed by atoms with E-state index in [0.717, 1.165) is 5.56 Å². The summed E-state index contributed by atoms with van der Waals surface area (Å²) in [7, 11) is -0.544. The molecule has 3 aliphatic rings. The van der Waals surface area contributed by atoms with Crippen LogP contribution in [0.3, 0.4) is 0 Å². The summed E-state index contributed by atoms with van der Waals surface area (Å²) in [5.41, 5.74) is 0.983. The van der Waals surface area contributed by atoms with E-state index in [1.54, 1.807) is 49.5 Å². The molecule has 0 N–H and O–H groups in total. The van der Waals surface area contributed by atoms with E-state index in [0.29, 0.717) is 6.54 Å². The first-order chi connectivity index (χ1) is 13.9. The number of ether oxygens (including phenoxy) is 2. The molecule has 2 heterocycles. The summed E-state index contributed by atoms with van der Waals surface area (Å²) in [6.07, 6.45) is 0.508. The second kappa shape index (κ2) is 7.55. The van der Waals surface area contributed by atoms with Crippen LogP contribution in [-0.2, 0) is 30.7 Å². The standard InChI is InChI=1S/C22H25NO5S/c1-27-22(28-2)14-18-19(29(25,26)17-11-7-4-8-12-17)13-20(22)23(21(18)24)15-16-9-5-3-6-10-16/h3-12,18-20H,13-15H2,1-2H3/t18-,19+,20-/m1/s1. The van der Waals surface area contributed by atoms with Crippen LogP contribution in [0.15, 0.2) is 65.6 Å². The van der Waals surface area contributed by atoms with E-state index in [9.17, 15) is 13.2 Å². The van der Waals surface area contributed by atoms with Gasteiger partial charge in [0, 0.05) is 27.2 Å². The highest BCUT2D eigenvalue weighted by atomic mass is 32.2. The molecule has 0 unspecified atom stereocenters. The Morgan fingerprint density at radius 3 is 2.17 bits per heavy atom. The van der Waals surface area contributed by atoms with Crippen LogP contribution in [-0.4, -0.2) is 50.5 Å². The minimum absolute atomic E-state index is 0.153. The van der Waals surface area contributed by atoms with Gasteiger partial charge in [-0.05, 0) is 24.1 Å². The fourth-order valence-corrected chi connectivity index (χ4v) is 6.70. The number of fused-ring (bicyclic) bond motifs is 3. The third-order valence-corrected chi connectivity index (χ3v) is 8.50. The maximum absolute atomic E-state index is 13.3. The predicted octanol–water partition coefficient (Wildman–Crippen LogP) is 2.64. The maximum atomic E-state index is 13.3. The molecular weight excluding hydrogens is 390 g/mol. The summed E-state index contributed by atoms with van der Waals surface area (Å²) < 4.78 is 38.1. The van der Waals surface area contributed by atoms with Crippen LogP contribution in [0.5, 0.6) is 0 Å². The number of carbonyl (C=O) groups excluding carboxylic acids is 1. The van der Waals surface area contributed by atoms with Crippen LogP contribution in [0.25, 0.3) is 0 Å². The summed E-state index contributed by atoms with van der Waals surface area (Å²) in [4.78, 5) is 15.3. The molecule has 154 valence electrons. The van der Waals surface area contributed by atoms with Crippen molar-refractivity contribution in [2.45, 2.75) is 41.4 Å². The summed E-state index contributed by atoms with van der Waals surface area (Å²) in [5, 5.41) is -0.784. The van der Waals surface area contributed by atoms with Gasteiger partial charge in [-0.3, -0.25) is 4.79 Å². The second-order valence-corrected chi connectivity index (χ2v) is 9.80. The van der Waals surface area contributed by atoms with E-state index in [4.69, 9.17) is 9.47 Å².